The van der Waals surface area contributed by atoms with E-state index in [0.29, 0.717) is 19.4 Å². The van der Waals surface area contributed by atoms with Crippen LogP contribution in [0.3, 0.4) is 0 Å². The Balaban J connectivity index is 1.54. The molecule has 22 heavy (non-hydrogen) atoms. The van der Waals surface area contributed by atoms with Crippen molar-refractivity contribution in [3.8, 4) is 0 Å². The lowest BCUT2D eigenvalue weighted by molar-refractivity contribution is -0.139. The fourth-order valence-corrected chi connectivity index (χ4v) is 3.02. The molecule has 6 heteroatoms. The van der Waals surface area contributed by atoms with Crippen LogP contribution in [0.25, 0.3) is 0 Å². The van der Waals surface area contributed by atoms with E-state index in [9.17, 15) is 9.59 Å². The first kappa shape index (κ1) is 15.1. The quantitative estimate of drug-likeness (QED) is 0.734. The van der Waals surface area contributed by atoms with Crippen molar-refractivity contribution < 1.29 is 14.3 Å². The Morgan fingerprint density at radius 3 is 2.77 bits per heavy atom. The highest BCUT2D eigenvalue weighted by molar-refractivity contribution is 6.03. The van der Waals surface area contributed by atoms with E-state index in [2.05, 4.69) is 9.88 Å². The molecule has 1 aromatic heterocycles. The largest absolute Gasteiger partial charge is 0.379 e. The molecule has 0 radical (unpaired) electrons. The minimum atomic E-state index is -0.235. The smallest absolute Gasteiger partial charge is 0.233 e. The second-order valence-electron chi connectivity index (χ2n) is 5.80. The zero-order valence-corrected chi connectivity index (χ0v) is 12.6. The highest BCUT2D eigenvalue weighted by Gasteiger charge is 2.38. The Labute approximate surface area is 130 Å². The minimum absolute atomic E-state index is 0.0397. The fraction of sp³-hybridized carbons (Fsp3) is 0.562. The standard InChI is InChI=1S/C16H21N3O3/c20-15-11-14(10-13-2-1-3-17-12-13)16(21)19(15)5-4-18-6-8-22-9-7-18/h1-3,12,14H,4-11H2. The minimum Gasteiger partial charge on any atom is -0.379 e. The second kappa shape index (κ2) is 6.98. The van der Waals surface area contributed by atoms with Crippen LogP contribution < -0.4 is 0 Å². The van der Waals surface area contributed by atoms with Gasteiger partial charge in [-0.05, 0) is 18.1 Å². The van der Waals surface area contributed by atoms with Crippen LogP contribution in [0.1, 0.15) is 12.0 Å². The summed E-state index contributed by atoms with van der Waals surface area (Å²) in [7, 11) is 0. The van der Waals surface area contributed by atoms with Crippen LogP contribution in [0.2, 0.25) is 0 Å². The van der Waals surface area contributed by atoms with E-state index in [4.69, 9.17) is 4.74 Å². The molecule has 0 bridgehead atoms. The van der Waals surface area contributed by atoms with Gasteiger partial charge in [0, 0.05) is 45.0 Å². The van der Waals surface area contributed by atoms with Gasteiger partial charge in [-0.15, -0.1) is 0 Å². The van der Waals surface area contributed by atoms with Crippen molar-refractivity contribution >= 4 is 11.8 Å². The number of amides is 2. The summed E-state index contributed by atoms with van der Waals surface area (Å²) in [4.78, 5) is 32.3. The number of nitrogens with zero attached hydrogens (tertiary/aromatic N) is 3. The maximum Gasteiger partial charge on any atom is 0.233 e. The molecular formula is C16H21N3O3. The molecule has 1 aromatic rings. The zero-order valence-electron chi connectivity index (χ0n) is 12.6. The van der Waals surface area contributed by atoms with Gasteiger partial charge >= 0.3 is 0 Å². The molecule has 0 aromatic carbocycles. The molecule has 2 fully saturated rings. The first-order chi connectivity index (χ1) is 10.7. The maximum absolute atomic E-state index is 12.4. The summed E-state index contributed by atoms with van der Waals surface area (Å²) in [6.45, 7) is 4.42. The second-order valence-corrected chi connectivity index (χ2v) is 5.80. The van der Waals surface area contributed by atoms with Gasteiger partial charge in [-0.3, -0.25) is 24.4 Å². The topological polar surface area (TPSA) is 62.7 Å². The van der Waals surface area contributed by atoms with Gasteiger partial charge in [0.1, 0.15) is 0 Å². The fourth-order valence-electron chi connectivity index (χ4n) is 3.02. The average molecular weight is 303 g/mol. The van der Waals surface area contributed by atoms with E-state index in [1.807, 2.05) is 12.1 Å². The summed E-state index contributed by atoms with van der Waals surface area (Å²) in [5.74, 6) is -0.323. The monoisotopic (exact) mass is 303 g/mol. The van der Waals surface area contributed by atoms with Gasteiger partial charge in [0.2, 0.25) is 11.8 Å². The van der Waals surface area contributed by atoms with Gasteiger partial charge in [0.25, 0.3) is 0 Å². The van der Waals surface area contributed by atoms with Crippen LogP contribution in [-0.4, -0.2) is 66.0 Å². The first-order valence-corrected chi connectivity index (χ1v) is 7.77. The van der Waals surface area contributed by atoms with Crippen molar-refractivity contribution in [3.63, 3.8) is 0 Å². The summed E-state index contributed by atoms with van der Waals surface area (Å²) in [6, 6.07) is 3.80. The van der Waals surface area contributed by atoms with Crippen LogP contribution in [0.5, 0.6) is 0 Å². The van der Waals surface area contributed by atoms with Gasteiger partial charge < -0.3 is 4.74 Å². The van der Waals surface area contributed by atoms with E-state index in [0.717, 1.165) is 38.4 Å². The van der Waals surface area contributed by atoms with Gasteiger partial charge in [0.05, 0.1) is 19.1 Å². The number of likely N-dealkylation sites (tertiary alicyclic amines) is 1. The van der Waals surface area contributed by atoms with Crippen LogP contribution in [0.15, 0.2) is 24.5 Å². The van der Waals surface area contributed by atoms with Gasteiger partial charge in [0.15, 0.2) is 0 Å². The number of morpholine rings is 1. The van der Waals surface area contributed by atoms with Crippen molar-refractivity contribution in [2.45, 2.75) is 12.8 Å². The molecule has 6 nitrogen and oxygen atoms in total. The third kappa shape index (κ3) is 3.51. The number of imide groups is 1. The Hall–Kier alpha value is -1.79. The highest BCUT2D eigenvalue weighted by atomic mass is 16.5. The first-order valence-electron chi connectivity index (χ1n) is 7.77. The maximum atomic E-state index is 12.4. The number of carbonyl (C=O) groups excluding carboxylic acids is 2. The molecule has 0 saturated carbocycles. The Morgan fingerprint density at radius 2 is 2.05 bits per heavy atom. The molecule has 2 amide bonds. The van der Waals surface area contributed by atoms with Crippen LogP contribution >= 0.6 is 0 Å². The molecule has 118 valence electrons. The van der Waals surface area contributed by atoms with E-state index in [1.54, 1.807) is 12.4 Å². The van der Waals surface area contributed by atoms with E-state index in [1.165, 1.54) is 4.90 Å². The molecule has 1 atom stereocenters. The molecule has 1 unspecified atom stereocenters. The lowest BCUT2D eigenvalue weighted by Crippen LogP contribution is -2.43. The summed E-state index contributed by atoms with van der Waals surface area (Å²) in [5.41, 5.74) is 1.00. The van der Waals surface area contributed by atoms with Gasteiger partial charge in [-0.25, -0.2) is 0 Å². The third-order valence-corrected chi connectivity index (χ3v) is 4.29. The van der Waals surface area contributed by atoms with E-state index < -0.39 is 0 Å². The van der Waals surface area contributed by atoms with Gasteiger partial charge in [-0.2, -0.15) is 0 Å². The molecule has 3 heterocycles. The molecule has 2 aliphatic heterocycles. The SMILES string of the molecule is O=C1CC(Cc2cccnc2)C(=O)N1CCN1CCOCC1. The predicted octanol–water partition coefficient (Wildman–Crippen LogP) is 0.331. The highest BCUT2D eigenvalue weighted by Crippen LogP contribution is 2.23. The average Bonchev–Trinajstić information content (AvgIpc) is 2.81. The molecular weight excluding hydrogens is 282 g/mol. The molecule has 0 N–H and O–H groups in total. The Bertz CT molecular complexity index is 529. The number of rotatable bonds is 5. The molecule has 2 saturated heterocycles. The Morgan fingerprint density at radius 1 is 1.23 bits per heavy atom. The third-order valence-electron chi connectivity index (χ3n) is 4.29. The van der Waals surface area contributed by atoms with Crippen LogP contribution in [0, 0.1) is 5.92 Å². The number of ether oxygens (including phenoxy) is 1. The van der Waals surface area contributed by atoms with Crippen molar-refractivity contribution in [2.75, 3.05) is 39.4 Å². The summed E-state index contributed by atoms with van der Waals surface area (Å²) in [6.07, 6.45) is 4.37. The number of aromatic nitrogens is 1. The van der Waals surface area contributed by atoms with Crippen molar-refractivity contribution in [1.82, 2.24) is 14.8 Å². The number of carbonyl (C=O) groups is 2. The summed E-state index contributed by atoms with van der Waals surface area (Å²) in [5, 5.41) is 0. The summed E-state index contributed by atoms with van der Waals surface area (Å²) >= 11 is 0. The molecule has 2 aliphatic rings. The number of hydrogen-bond acceptors (Lipinski definition) is 5. The predicted molar refractivity (Wildman–Crippen MR) is 80.0 cm³/mol. The Kier molecular flexibility index (Phi) is 4.80. The van der Waals surface area contributed by atoms with E-state index >= 15 is 0 Å². The normalized spacial score (nSPS) is 23.3. The van der Waals surface area contributed by atoms with Crippen LogP contribution in [-0.2, 0) is 20.7 Å². The number of hydrogen-bond donors (Lipinski definition) is 0. The van der Waals surface area contributed by atoms with Crippen molar-refractivity contribution in [1.29, 1.82) is 0 Å². The molecule has 3 rings (SSSR count). The van der Waals surface area contributed by atoms with E-state index in [-0.39, 0.29) is 17.7 Å². The van der Waals surface area contributed by atoms with Crippen molar-refractivity contribution in [2.24, 2.45) is 5.92 Å². The number of pyridine rings is 1. The molecule has 0 spiro atoms. The van der Waals surface area contributed by atoms with Crippen LogP contribution in [0.4, 0.5) is 0 Å². The lowest BCUT2D eigenvalue weighted by Gasteiger charge is -2.28. The summed E-state index contributed by atoms with van der Waals surface area (Å²) < 4.78 is 5.30. The van der Waals surface area contributed by atoms with Gasteiger partial charge in [-0.1, -0.05) is 6.07 Å². The zero-order chi connectivity index (χ0) is 15.4. The van der Waals surface area contributed by atoms with Crippen molar-refractivity contribution in [3.05, 3.63) is 30.1 Å². The lowest BCUT2D eigenvalue weighted by atomic mass is 9.99. The molecule has 0 aliphatic carbocycles.